The molecule has 2 unspecified atom stereocenters. The van der Waals surface area contributed by atoms with Crippen LogP contribution < -0.4 is 5.73 Å². The molecule has 2 aromatic rings. The lowest BCUT2D eigenvalue weighted by atomic mass is 10.1. The maximum Gasteiger partial charge on any atom is 0.207 e. The highest BCUT2D eigenvalue weighted by molar-refractivity contribution is 5.35. The topological polar surface area (TPSA) is 51.6 Å². The molecule has 1 aliphatic carbocycles. The molecule has 4 rings (SSSR count). The van der Waals surface area contributed by atoms with Gasteiger partial charge in [-0.3, -0.25) is 0 Å². The summed E-state index contributed by atoms with van der Waals surface area (Å²) in [5.41, 5.74) is 8.58. The molecule has 0 bridgehead atoms. The van der Waals surface area contributed by atoms with Crippen LogP contribution in [0.2, 0.25) is 0 Å². The van der Waals surface area contributed by atoms with E-state index in [-0.39, 0.29) is 12.1 Å². The van der Waals surface area contributed by atoms with Crippen molar-refractivity contribution in [3.63, 3.8) is 0 Å². The zero-order valence-corrected chi connectivity index (χ0v) is 11.0. The first-order valence-electron chi connectivity index (χ1n) is 6.88. The Morgan fingerprint density at radius 1 is 1.15 bits per heavy atom. The van der Waals surface area contributed by atoms with Crippen molar-refractivity contribution in [3.8, 4) is 0 Å². The quantitative estimate of drug-likeness (QED) is 0.909. The zero-order chi connectivity index (χ0) is 13.5. The number of rotatable bonds is 2. The first-order chi connectivity index (χ1) is 9.83. The number of nitrogens with two attached hydrogens (primary N) is 1. The van der Waals surface area contributed by atoms with Crippen molar-refractivity contribution in [1.82, 2.24) is 5.06 Å². The van der Waals surface area contributed by atoms with Crippen molar-refractivity contribution < 1.29 is 9.25 Å². The number of aryl methyl sites for hydroxylation is 1. The largest absolute Gasteiger partial charge is 0.467 e. The summed E-state index contributed by atoms with van der Waals surface area (Å²) >= 11 is 0. The Balaban J connectivity index is 1.69. The molecule has 2 heterocycles. The summed E-state index contributed by atoms with van der Waals surface area (Å²) in [5.74, 6) is 1.30. The molecule has 0 radical (unpaired) electrons. The molecule has 2 aliphatic rings. The van der Waals surface area contributed by atoms with Gasteiger partial charge in [0.2, 0.25) is 5.88 Å². The Morgan fingerprint density at radius 2 is 2.05 bits per heavy atom. The molecular formula is C16H16N2O2. The van der Waals surface area contributed by atoms with Crippen LogP contribution in [0.25, 0.3) is 0 Å². The average molecular weight is 268 g/mol. The molecular weight excluding hydrogens is 252 g/mol. The van der Waals surface area contributed by atoms with Gasteiger partial charge in [-0.25, -0.2) is 0 Å². The van der Waals surface area contributed by atoms with Crippen molar-refractivity contribution in [2.45, 2.75) is 24.9 Å². The normalized spacial score (nSPS) is 25.3. The lowest BCUT2D eigenvalue weighted by Crippen LogP contribution is -2.27. The number of benzene rings is 1. The molecule has 4 heteroatoms. The van der Waals surface area contributed by atoms with Crippen LogP contribution in [0, 0.1) is 0 Å². The minimum atomic E-state index is -0.0545. The second-order valence-corrected chi connectivity index (χ2v) is 5.23. The molecule has 2 N–H and O–H groups in total. The van der Waals surface area contributed by atoms with Crippen LogP contribution in [0.1, 0.15) is 35.4 Å². The molecule has 1 aromatic heterocycles. The van der Waals surface area contributed by atoms with E-state index in [0.29, 0.717) is 5.88 Å². The number of hydroxylamine groups is 2. The number of furan rings is 1. The lowest BCUT2D eigenvalue weighted by Gasteiger charge is -2.28. The van der Waals surface area contributed by atoms with Crippen LogP contribution in [0.3, 0.4) is 0 Å². The molecule has 102 valence electrons. The van der Waals surface area contributed by atoms with Crippen molar-refractivity contribution in [1.29, 1.82) is 0 Å². The summed E-state index contributed by atoms with van der Waals surface area (Å²) < 4.78 is 5.52. The number of nitrogens with zero attached hydrogens (tertiary/aromatic N) is 1. The maximum atomic E-state index is 5.86. The van der Waals surface area contributed by atoms with E-state index in [2.05, 4.69) is 24.3 Å². The van der Waals surface area contributed by atoms with Gasteiger partial charge in [0.15, 0.2) is 0 Å². The fourth-order valence-electron chi connectivity index (χ4n) is 3.16. The van der Waals surface area contributed by atoms with E-state index in [4.69, 9.17) is 15.0 Å². The van der Waals surface area contributed by atoms with E-state index in [0.717, 1.165) is 18.6 Å². The second-order valence-electron chi connectivity index (χ2n) is 5.23. The van der Waals surface area contributed by atoms with Gasteiger partial charge in [0.25, 0.3) is 0 Å². The van der Waals surface area contributed by atoms with E-state index < -0.39 is 0 Å². The predicted octanol–water partition coefficient (Wildman–Crippen LogP) is 3.06. The monoisotopic (exact) mass is 268 g/mol. The fraction of sp³-hybridized carbons (Fsp3) is 0.250. The first-order valence-corrected chi connectivity index (χ1v) is 6.88. The summed E-state index contributed by atoms with van der Waals surface area (Å²) in [4.78, 5) is 5.75. The predicted molar refractivity (Wildman–Crippen MR) is 74.1 cm³/mol. The van der Waals surface area contributed by atoms with Gasteiger partial charge in [0, 0.05) is 6.08 Å². The van der Waals surface area contributed by atoms with Gasteiger partial charge in [-0.2, -0.15) is 0 Å². The molecule has 0 saturated carbocycles. The van der Waals surface area contributed by atoms with Crippen LogP contribution in [-0.4, -0.2) is 5.06 Å². The van der Waals surface area contributed by atoms with E-state index in [1.165, 1.54) is 11.1 Å². The zero-order valence-electron chi connectivity index (χ0n) is 11.0. The fourth-order valence-corrected chi connectivity index (χ4v) is 3.16. The third-order valence-corrected chi connectivity index (χ3v) is 4.05. The Morgan fingerprint density at radius 3 is 2.90 bits per heavy atom. The summed E-state index contributed by atoms with van der Waals surface area (Å²) in [6.07, 6.45) is 5.70. The van der Waals surface area contributed by atoms with Crippen molar-refractivity contribution in [3.05, 3.63) is 71.5 Å². The average Bonchev–Trinajstić information content (AvgIpc) is 3.16. The Bertz CT molecular complexity index is 648. The molecule has 2 atom stereocenters. The third kappa shape index (κ3) is 1.72. The second kappa shape index (κ2) is 4.42. The van der Waals surface area contributed by atoms with E-state index in [9.17, 15) is 0 Å². The van der Waals surface area contributed by atoms with Crippen molar-refractivity contribution in [2.75, 3.05) is 0 Å². The van der Waals surface area contributed by atoms with Crippen molar-refractivity contribution in [2.24, 2.45) is 5.73 Å². The number of fused-ring (bicyclic) bond motifs is 1. The smallest absolute Gasteiger partial charge is 0.207 e. The van der Waals surface area contributed by atoms with E-state index in [1.54, 1.807) is 6.26 Å². The highest BCUT2D eigenvalue weighted by atomic mass is 16.7. The molecule has 1 aliphatic heterocycles. The van der Waals surface area contributed by atoms with Crippen LogP contribution in [0.4, 0.5) is 0 Å². The van der Waals surface area contributed by atoms with Crippen LogP contribution in [0.5, 0.6) is 0 Å². The lowest BCUT2D eigenvalue weighted by molar-refractivity contribution is -0.157. The molecule has 1 aromatic carbocycles. The summed E-state index contributed by atoms with van der Waals surface area (Å²) in [5, 5.41) is 1.96. The third-order valence-electron chi connectivity index (χ3n) is 4.05. The van der Waals surface area contributed by atoms with Crippen LogP contribution in [-0.2, 0) is 11.3 Å². The molecule has 0 amide bonds. The Labute approximate surface area is 117 Å². The molecule has 20 heavy (non-hydrogen) atoms. The molecule has 0 fully saturated rings. The maximum absolute atomic E-state index is 5.86. The minimum Gasteiger partial charge on any atom is -0.467 e. The van der Waals surface area contributed by atoms with Gasteiger partial charge in [-0.05, 0) is 36.1 Å². The van der Waals surface area contributed by atoms with Gasteiger partial charge < -0.3 is 15.0 Å². The first kappa shape index (κ1) is 11.6. The van der Waals surface area contributed by atoms with Gasteiger partial charge in [-0.1, -0.05) is 24.3 Å². The van der Waals surface area contributed by atoms with Gasteiger partial charge in [0.05, 0.1) is 12.3 Å². The van der Waals surface area contributed by atoms with E-state index in [1.807, 2.05) is 23.3 Å². The number of hydrogen-bond acceptors (Lipinski definition) is 4. The van der Waals surface area contributed by atoms with Gasteiger partial charge >= 0.3 is 0 Å². The minimum absolute atomic E-state index is 0.0545. The number of hydrogen-bond donors (Lipinski definition) is 1. The van der Waals surface area contributed by atoms with Gasteiger partial charge in [-0.15, -0.1) is 5.06 Å². The highest BCUT2D eigenvalue weighted by Crippen LogP contribution is 2.43. The summed E-state index contributed by atoms with van der Waals surface area (Å²) in [7, 11) is 0. The Kier molecular flexibility index (Phi) is 2.57. The molecule has 0 spiro atoms. The van der Waals surface area contributed by atoms with E-state index >= 15 is 0 Å². The molecule has 0 saturated heterocycles. The SMILES string of the molecule is NC1=CC(c2ccco2)N(C2CCc3ccccc32)O1. The van der Waals surface area contributed by atoms with Crippen LogP contribution >= 0.6 is 0 Å². The summed E-state index contributed by atoms with van der Waals surface area (Å²) in [6, 6.07) is 12.5. The van der Waals surface area contributed by atoms with Crippen LogP contribution in [0.15, 0.2) is 59.0 Å². The highest BCUT2D eigenvalue weighted by Gasteiger charge is 2.38. The van der Waals surface area contributed by atoms with Crippen molar-refractivity contribution >= 4 is 0 Å². The van der Waals surface area contributed by atoms with Gasteiger partial charge in [0.1, 0.15) is 11.8 Å². The standard InChI is InChI=1S/C16H16N2O2/c17-16-10-14(15-6-3-9-19-15)18(20-16)13-8-7-11-4-1-2-5-12(11)13/h1-6,9-10,13-14H,7-8,17H2. The summed E-state index contributed by atoms with van der Waals surface area (Å²) in [6.45, 7) is 0. The Hall–Kier alpha value is -2.20. The molecule has 4 nitrogen and oxygen atoms in total.